The monoisotopic (exact) mass is 193 g/mol. The van der Waals surface area contributed by atoms with Crippen molar-refractivity contribution in [3.63, 3.8) is 0 Å². The summed E-state index contributed by atoms with van der Waals surface area (Å²) in [5.41, 5.74) is 2.35. The zero-order valence-corrected chi connectivity index (χ0v) is 7.86. The van der Waals surface area contributed by atoms with E-state index in [0.29, 0.717) is 5.58 Å². The van der Waals surface area contributed by atoms with Gasteiger partial charge in [-0.25, -0.2) is 4.79 Å². The van der Waals surface area contributed by atoms with E-state index in [4.69, 9.17) is 9.52 Å². The van der Waals surface area contributed by atoms with Crippen LogP contribution in [0.25, 0.3) is 11.1 Å². The van der Waals surface area contributed by atoms with Crippen molar-refractivity contribution in [3.05, 3.63) is 34.3 Å². The molecule has 0 unspecified atom stereocenters. The predicted molar refractivity (Wildman–Crippen MR) is 52.3 cm³/mol. The van der Waals surface area contributed by atoms with Gasteiger partial charge in [0.05, 0.1) is 18.7 Å². The number of benzene rings is 1. The van der Waals surface area contributed by atoms with Crippen molar-refractivity contribution < 1.29 is 9.52 Å². The zero-order valence-electron chi connectivity index (χ0n) is 7.86. The molecular weight excluding hydrogens is 182 g/mol. The minimum absolute atomic E-state index is 0.0670. The molecule has 4 heteroatoms. The maximum Gasteiger partial charge on any atom is 0.420 e. The average Bonchev–Trinajstić information content (AvgIpc) is 2.43. The van der Waals surface area contributed by atoms with E-state index in [2.05, 4.69) is 0 Å². The second kappa shape index (κ2) is 3.31. The standard InChI is InChI=1S/C10H11NO3/c1-7-2-3-8-9(6-7)14-10(13)11(8)4-5-12/h2-3,6,12H,4-5H2,1H3. The summed E-state index contributed by atoms with van der Waals surface area (Å²) in [5.74, 6) is -0.417. The Morgan fingerprint density at radius 2 is 2.29 bits per heavy atom. The first-order valence-corrected chi connectivity index (χ1v) is 4.43. The van der Waals surface area contributed by atoms with Crippen molar-refractivity contribution in [2.24, 2.45) is 0 Å². The molecule has 2 rings (SSSR count). The summed E-state index contributed by atoms with van der Waals surface area (Å²) in [7, 11) is 0. The number of rotatable bonds is 2. The van der Waals surface area contributed by atoms with Crippen molar-refractivity contribution in [2.75, 3.05) is 6.61 Å². The van der Waals surface area contributed by atoms with Crippen molar-refractivity contribution in [2.45, 2.75) is 13.5 Å². The zero-order chi connectivity index (χ0) is 10.1. The van der Waals surface area contributed by atoms with Gasteiger partial charge >= 0.3 is 5.76 Å². The van der Waals surface area contributed by atoms with Crippen LogP contribution in [0.15, 0.2) is 27.4 Å². The van der Waals surface area contributed by atoms with Crippen LogP contribution in [0.3, 0.4) is 0 Å². The molecule has 0 aliphatic carbocycles. The Balaban J connectivity index is 2.71. The second-order valence-corrected chi connectivity index (χ2v) is 3.21. The van der Waals surface area contributed by atoms with Crippen molar-refractivity contribution in [1.82, 2.24) is 4.57 Å². The molecular formula is C10H11NO3. The molecule has 1 N–H and O–H groups in total. The highest BCUT2D eigenvalue weighted by Crippen LogP contribution is 2.14. The van der Waals surface area contributed by atoms with Gasteiger partial charge in [0.25, 0.3) is 0 Å². The Hall–Kier alpha value is -1.55. The van der Waals surface area contributed by atoms with Gasteiger partial charge in [0.2, 0.25) is 0 Å². The number of aryl methyl sites for hydroxylation is 1. The Kier molecular flexibility index (Phi) is 2.13. The summed E-state index contributed by atoms with van der Waals surface area (Å²) in [6.07, 6.45) is 0. The molecule has 0 bridgehead atoms. The summed E-state index contributed by atoms with van der Waals surface area (Å²) in [5, 5.41) is 8.78. The molecule has 4 nitrogen and oxygen atoms in total. The molecule has 0 atom stereocenters. The summed E-state index contributed by atoms with van der Waals surface area (Å²) in [6.45, 7) is 2.14. The first-order valence-electron chi connectivity index (χ1n) is 4.43. The number of aliphatic hydroxyl groups excluding tert-OH is 1. The minimum Gasteiger partial charge on any atom is -0.408 e. The molecule has 0 spiro atoms. The molecule has 2 aromatic rings. The van der Waals surface area contributed by atoms with Gasteiger partial charge in [0.1, 0.15) is 0 Å². The van der Waals surface area contributed by atoms with E-state index in [-0.39, 0.29) is 13.2 Å². The minimum atomic E-state index is -0.417. The van der Waals surface area contributed by atoms with Gasteiger partial charge in [-0.2, -0.15) is 0 Å². The molecule has 74 valence electrons. The fourth-order valence-electron chi connectivity index (χ4n) is 1.49. The Labute approximate surface area is 80.4 Å². The van der Waals surface area contributed by atoms with Gasteiger partial charge in [-0.1, -0.05) is 6.07 Å². The maximum atomic E-state index is 11.3. The number of oxazole rings is 1. The van der Waals surface area contributed by atoms with Crippen LogP contribution in [-0.2, 0) is 6.54 Å². The number of hydrogen-bond acceptors (Lipinski definition) is 3. The highest BCUT2D eigenvalue weighted by molar-refractivity contribution is 5.73. The number of aromatic nitrogens is 1. The fourth-order valence-corrected chi connectivity index (χ4v) is 1.49. The van der Waals surface area contributed by atoms with Crippen molar-refractivity contribution in [1.29, 1.82) is 0 Å². The maximum absolute atomic E-state index is 11.3. The van der Waals surface area contributed by atoms with Crippen LogP contribution in [-0.4, -0.2) is 16.3 Å². The van der Waals surface area contributed by atoms with E-state index >= 15 is 0 Å². The number of nitrogens with zero attached hydrogens (tertiary/aromatic N) is 1. The predicted octanol–water partition coefficient (Wildman–Crippen LogP) is 0.895. The normalized spacial score (nSPS) is 11.0. The van der Waals surface area contributed by atoms with Gasteiger partial charge in [0, 0.05) is 0 Å². The lowest BCUT2D eigenvalue weighted by atomic mass is 10.2. The molecule has 0 aliphatic heterocycles. The molecule has 1 aromatic heterocycles. The Morgan fingerprint density at radius 3 is 3.00 bits per heavy atom. The largest absolute Gasteiger partial charge is 0.420 e. The van der Waals surface area contributed by atoms with E-state index in [1.165, 1.54) is 4.57 Å². The van der Waals surface area contributed by atoms with Crippen LogP contribution in [0.2, 0.25) is 0 Å². The van der Waals surface area contributed by atoms with Gasteiger partial charge in [-0.05, 0) is 24.6 Å². The van der Waals surface area contributed by atoms with Crippen molar-refractivity contribution in [3.8, 4) is 0 Å². The average molecular weight is 193 g/mol. The Bertz CT molecular complexity index is 510. The third-order valence-corrected chi connectivity index (χ3v) is 2.15. The molecule has 0 fully saturated rings. The van der Waals surface area contributed by atoms with Crippen LogP contribution in [0, 0.1) is 6.92 Å². The fraction of sp³-hybridized carbons (Fsp3) is 0.300. The smallest absolute Gasteiger partial charge is 0.408 e. The second-order valence-electron chi connectivity index (χ2n) is 3.21. The molecule has 1 heterocycles. The first kappa shape index (κ1) is 9.02. The quantitative estimate of drug-likeness (QED) is 0.770. The summed E-state index contributed by atoms with van der Waals surface area (Å²) in [4.78, 5) is 11.3. The number of aliphatic hydroxyl groups is 1. The van der Waals surface area contributed by atoms with Crippen LogP contribution in [0.5, 0.6) is 0 Å². The van der Waals surface area contributed by atoms with E-state index in [1.54, 1.807) is 0 Å². The van der Waals surface area contributed by atoms with Crippen molar-refractivity contribution >= 4 is 11.1 Å². The third-order valence-electron chi connectivity index (χ3n) is 2.15. The third kappa shape index (κ3) is 1.33. The van der Waals surface area contributed by atoms with Gasteiger partial charge in [0.15, 0.2) is 5.58 Å². The van der Waals surface area contributed by atoms with Gasteiger partial charge in [-0.3, -0.25) is 4.57 Å². The van der Waals surface area contributed by atoms with E-state index in [9.17, 15) is 4.79 Å². The first-order chi connectivity index (χ1) is 6.72. The van der Waals surface area contributed by atoms with Gasteiger partial charge < -0.3 is 9.52 Å². The van der Waals surface area contributed by atoms with Crippen LogP contribution in [0.1, 0.15) is 5.56 Å². The summed E-state index contributed by atoms with van der Waals surface area (Å²) < 4.78 is 6.45. The molecule has 0 radical (unpaired) electrons. The molecule has 0 saturated heterocycles. The topological polar surface area (TPSA) is 55.4 Å². The lowest BCUT2D eigenvalue weighted by Crippen LogP contribution is -2.15. The lowest BCUT2D eigenvalue weighted by Gasteiger charge is -1.97. The summed E-state index contributed by atoms with van der Waals surface area (Å²) >= 11 is 0. The molecule has 14 heavy (non-hydrogen) atoms. The molecule has 0 aliphatic rings. The molecule has 1 aromatic carbocycles. The van der Waals surface area contributed by atoms with Gasteiger partial charge in [-0.15, -0.1) is 0 Å². The summed E-state index contributed by atoms with van der Waals surface area (Å²) in [6, 6.07) is 5.54. The molecule has 0 saturated carbocycles. The Morgan fingerprint density at radius 1 is 1.50 bits per heavy atom. The van der Waals surface area contributed by atoms with Crippen LogP contribution >= 0.6 is 0 Å². The molecule has 0 amide bonds. The highest BCUT2D eigenvalue weighted by atomic mass is 16.4. The van der Waals surface area contributed by atoms with Crippen LogP contribution in [0.4, 0.5) is 0 Å². The SMILES string of the molecule is Cc1ccc2c(c1)oc(=O)n2CCO. The van der Waals surface area contributed by atoms with Crippen LogP contribution < -0.4 is 5.76 Å². The van der Waals surface area contributed by atoms with E-state index < -0.39 is 5.76 Å². The number of fused-ring (bicyclic) bond motifs is 1. The highest BCUT2D eigenvalue weighted by Gasteiger charge is 2.07. The van der Waals surface area contributed by atoms with E-state index in [0.717, 1.165) is 11.1 Å². The van der Waals surface area contributed by atoms with E-state index in [1.807, 2.05) is 25.1 Å². The lowest BCUT2D eigenvalue weighted by molar-refractivity contribution is 0.272. The number of hydrogen-bond donors (Lipinski definition) is 1.